The molecule has 15 heavy (non-hydrogen) atoms. The van der Waals surface area contributed by atoms with Gasteiger partial charge in [-0.3, -0.25) is 10.1 Å². The van der Waals surface area contributed by atoms with E-state index < -0.39 is 0 Å². The summed E-state index contributed by atoms with van der Waals surface area (Å²) in [4.78, 5) is 13.5. The normalized spacial score (nSPS) is 26.1. The molecular weight excluding hydrogens is 192 g/mol. The number of hydrogen-bond acceptors (Lipinski definition) is 3. The fraction of sp³-hybridized carbons (Fsp3) is 0.727. The SMILES string of the molecule is C#CCNCC(=O)N1C[C@@H](C)O[C@@H](C)C1. The molecule has 0 saturated carbocycles. The average Bonchev–Trinajstić information content (AvgIpc) is 2.16. The molecule has 0 spiro atoms. The van der Waals surface area contributed by atoms with Gasteiger partial charge in [0.15, 0.2) is 0 Å². The monoisotopic (exact) mass is 210 g/mol. The number of hydrogen-bond donors (Lipinski definition) is 1. The highest BCUT2D eigenvalue weighted by Gasteiger charge is 2.25. The van der Waals surface area contributed by atoms with Gasteiger partial charge in [-0.1, -0.05) is 5.92 Å². The van der Waals surface area contributed by atoms with Gasteiger partial charge in [0.2, 0.25) is 5.91 Å². The number of rotatable bonds is 3. The van der Waals surface area contributed by atoms with Crippen LogP contribution in [0.2, 0.25) is 0 Å². The predicted octanol–water partition coefficient (Wildman–Crippen LogP) is -0.155. The third-order valence-corrected chi connectivity index (χ3v) is 2.28. The summed E-state index contributed by atoms with van der Waals surface area (Å²) in [5.41, 5.74) is 0. The molecule has 2 atom stereocenters. The van der Waals surface area contributed by atoms with Crippen LogP contribution in [0.5, 0.6) is 0 Å². The van der Waals surface area contributed by atoms with E-state index in [1.165, 1.54) is 0 Å². The van der Waals surface area contributed by atoms with E-state index in [4.69, 9.17) is 11.2 Å². The molecule has 1 heterocycles. The molecule has 1 aliphatic rings. The van der Waals surface area contributed by atoms with Gasteiger partial charge in [-0.05, 0) is 13.8 Å². The molecule has 0 aromatic carbocycles. The Morgan fingerprint density at radius 3 is 2.67 bits per heavy atom. The third-order valence-electron chi connectivity index (χ3n) is 2.28. The molecule has 1 rings (SSSR count). The van der Waals surface area contributed by atoms with Crippen molar-refractivity contribution in [1.29, 1.82) is 0 Å². The van der Waals surface area contributed by atoms with Crippen LogP contribution < -0.4 is 5.32 Å². The van der Waals surface area contributed by atoms with Gasteiger partial charge in [-0.15, -0.1) is 6.42 Å². The second-order valence-electron chi connectivity index (χ2n) is 3.86. The molecular formula is C11H18N2O2. The minimum atomic E-state index is 0.0900. The summed E-state index contributed by atoms with van der Waals surface area (Å²) in [6, 6.07) is 0. The zero-order valence-corrected chi connectivity index (χ0v) is 9.32. The molecule has 0 unspecified atom stereocenters. The van der Waals surface area contributed by atoms with Gasteiger partial charge in [0.05, 0.1) is 25.3 Å². The number of terminal acetylenes is 1. The van der Waals surface area contributed by atoms with Crippen LogP contribution in [-0.4, -0.2) is 49.2 Å². The Bertz CT molecular complexity index is 250. The quantitative estimate of drug-likeness (QED) is 0.520. The lowest BCUT2D eigenvalue weighted by molar-refractivity contribution is -0.142. The van der Waals surface area contributed by atoms with Gasteiger partial charge >= 0.3 is 0 Å². The van der Waals surface area contributed by atoms with E-state index in [0.29, 0.717) is 26.2 Å². The maximum absolute atomic E-state index is 11.7. The molecule has 0 aromatic heterocycles. The topological polar surface area (TPSA) is 41.6 Å². The van der Waals surface area contributed by atoms with Crippen molar-refractivity contribution in [1.82, 2.24) is 10.2 Å². The van der Waals surface area contributed by atoms with Crippen molar-refractivity contribution in [3.05, 3.63) is 0 Å². The van der Waals surface area contributed by atoms with Gasteiger partial charge in [-0.25, -0.2) is 0 Å². The van der Waals surface area contributed by atoms with Crippen molar-refractivity contribution in [2.75, 3.05) is 26.2 Å². The minimum absolute atomic E-state index is 0.0900. The first-order valence-electron chi connectivity index (χ1n) is 5.21. The number of amides is 1. The molecule has 84 valence electrons. The second kappa shape index (κ2) is 5.74. The fourth-order valence-corrected chi connectivity index (χ4v) is 1.73. The van der Waals surface area contributed by atoms with Crippen molar-refractivity contribution in [2.45, 2.75) is 26.1 Å². The molecule has 0 radical (unpaired) electrons. The van der Waals surface area contributed by atoms with Gasteiger partial charge in [0.1, 0.15) is 0 Å². The van der Waals surface area contributed by atoms with Crippen molar-refractivity contribution >= 4 is 5.91 Å². The molecule has 1 aliphatic heterocycles. The largest absolute Gasteiger partial charge is 0.372 e. The first kappa shape index (κ1) is 12.0. The standard InChI is InChI=1S/C11H18N2O2/c1-4-5-12-6-11(14)13-7-9(2)15-10(3)8-13/h1,9-10,12H,5-8H2,2-3H3/t9-,10+. The molecule has 1 amide bonds. The van der Waals surface area contributed by atoms with Crippen LogP contribution in [0.3, 0.4) is 0 Å². The van der Waals surface area contributed by atoms with Crippen molar-refractivity contribution in [3.63, 3.8) is 0 Å². The van der Waals surface area contributed by atoms with E-state index in [9.17, 15) is 4.79 Å². The van der Waals surface area contributed by atoms with Crippen LogP contribution >= 0.6 is 0 Å². The Kier molecular flexibility index (Phi) is 4.60. The molecule has 0 aromatic rings. The van der Waals surface area contributed by atoms with Crippen LogP contribution in [0.1, 0.15) is 13.8 Å². The molecule has 0 bridgehead atoms. The summed E-state index contributed by atoms with van der Waals surface area (Å²) in [7, 11) is 0. The number of ether oxygens (including phenoxy) is 1. The molecule has 0 aliphatic carbocycles. The number of carbonyl (C=O) groups excluding carboxylic acids is 1. The average molecular weight is 210 g/mol. The number of nitrogens with one attached hydrogen (secondary N) is 1. The van der Waals surface area contributed by atoms with Crippen LogP contribution in [0, 0.1) is 12.3 Å². The van der Waals surface area contributed by atoms with Crippen LogP contribution in [0.15, 0.2) is 0 Å². The first-order chi connectivity index (χ1) is 7.13. The lowest BCUT2D eigenvalue weighted by Crippen LogP contribution is -2.50. The molecule has 1 saturated heterocycles. The highest BCUT2D eigenvalue weighted by molar-refractivity contribution is 5.78. The molecule has 1 N–H and O–H groups in total. The lowest BCUT2D eigenvalue weighted by Gasteiger charge is -2.35. The fourth-order valence-electron chi connectivity index (χ4n) is 1.73. The molecule has 4 heteroatoms. The van der Waals surface area contributed by atoms with E-state index >= 15 is 0 Å². The Morgan fingerprint density at radius 2 is 2.13 bits per heavy atom. The zero-order valence-electron chi connectivity index (χ0n) is 9.32. The first-order valence-corrected chi connectivity index (χ1v) is 5.21. The van der Waals surface area contributed by atoms with Gasteiger partial charge < -0.3 is 9.64 Å². The Morgan fingerprint density at radius 1 is 1.53 bits per heavy atom. The summed E-state index contributed by atoms with van der Waals surface area (Å²) in [6.07, 6.45) is 5.31. The smallest absolute Gasteiger partial charge is 0.236 e. The second-order valence-corrected chi connectivity index (χ2v) is 3.86. The summed E-state index contributed by atoms with van der Waals surface area (Å²) in [5.74, 6) is 2.53. The summed E-state index contributed by atoms with van der Waals surface area (Å²) < 4.78 is 5.55. The molecule has 4 nitrogen and oxygen atoms in total. The summed E-state index contributed by atoms with van der Waals surface area (Å²) in [5, 5.41) is 2.89. The zero-order chi connectivity index (χ0) is 11.3. The number of morpholine rings is 1. The summed E-state index contributed by atoms with van der Waals surface area (Å²) in [6.45, 7) is 6.03. The minimum Gasteiger partial charge on any atom is -0.372 e. The van der Waals surface area contributed by atoms with Crippen LogP contribution in [-0.2, 0) is 9.53 Å². The van der Waals surface area contributed by atoms with Crippen molar-refractivity contribution < 1.29 is 9.53 Å². The maximum Gasteiger partial charge on any atom is 0.236 e. The third kappa shape index (κ3) is 3.90. The maximum atomic E-state index is 11.7. The van der Waals surface area contributed by atoms with Crippen molar-refractivity contribution in [3.8, 4) is 12.3 Å². The highest BCUT2D eigenvalue weighted by atomic mass is 16.5. The molecule has 1 fully saturated rings. The van der Waals surface area contributed by atoms with Crippen molar-refractivity contribution in [2.24, 2.45) is 0 Å². The van der Waals surface area contributed by atoms with E-state index in [-0.39, 0.29) is 18.1 Å². The predicted molar refractivity (Wildman–Crippen MR) is 58.3 cm³/mol. The van der Waals surface area contributed by atoms with Gasteiger partial charge in [-0.2, -0.15) is 0 Å². The lowest BCUT2D eigenvalue weighted by atomic mass is 10.2. The number of nitrogens with zero attached hydrogens (tertiary/aromatic N) is 1. The number of carbonyl (C=O) groups is 1. The highest BCUT2D eigenvalue weighted by Crippen LogP contribution is 2.10. The van der Waals surface area contributed by atoms with E-state index in [0.717, 1.165) is 0 Å². The Balaban J connectivity index is 2.35. The Labute approximate surface area is 91.0 Å². The summed E-state index contributed by atoms with van der Waals surface area (Å²) >= 11 is 0. The van der Waals surface area contributed by atoms with E-state index in [2.05, 4.69) is 11.2 Å². The van der Waals surface area contributed by atoms with Crippen LogP contribution in [0.25, 0.3) is 0 Å². The van der Waals surface area contributed by atoms with Crippen LogP contribution in [0.4, 0.5) is 0 Å². The van der Waals surface area contributed by atoms with Gasteiger partial charge in [0, 0.05) is 13.1 Å². The van der Waals surface area contributed by atoms with E-state index in [1.807, 2.05) is 18.7 Å². The Hall–Kier alpha value is -1.05. The van der Waals surface area contributed by atoms with E-state index in [1.54, 1.807) is 0 Å². The van der Waals surface area contributed by atoms with Gasteiger partial charge in [0.25, 0.3) is 0 Å².